The summed E-state index contributed by atoms with van der Waals surface area (Å²) in [4.78, 5) is 28.2. The van der Waals surface area contributed by atoms with Crippen LogP contribution in [-0.4, -0.2) is 57.0 Å². The Morgan fingerprint density at radius 1 is 1.09 bits per heavy atom. The van der Waals surface area contributed by atoms with E-state index in [1.54, 1.807) is 34.4 Å². The van der Waals surface area contributed by atoms with Gasteiger partial charge in [-0.25, -0.2) is 4.98 Å². The van der Waals surface area contributed by atoms with Crippen LogP contribution in [0.5, 0.6) is 0 Å². The number of amides is 1. The molecule has 1 aromatic carbocycles. The Hall–Kier alpha value is -2.53. The van der Waals surface area contributed by atoms with Crippen LogP contribution < -0.4 is 0 Å². The highest BCUT2D eigenvalue weighted by atomic mass is 32.2. The largest absolute Gasteiger partial charge is 0.338 e. The molecule has 3 aromatic heterocycles. The van der Waals surface area contributed by atoms with Crippen molar-refractivity contribution in [2.24, 2.45) is 0 Å². The molecule has 0 atom stereocenters. The Bertz CT molecular complexity index is 1200. The van der Waals surface area contributed by atoms with Gasteiger partial charge in [0.1, 0.15) is 0 Å². The average Bonchev–Trinajstić information content (AvgIpc) is 3.60. The number of piperazine rings is 1. The second-order valence-electron chi connectivity index (χ2n) is 7.73. The molecule has 1 fully saturated rings. The first kappa shape index (κ1) is 22.3. The van der Waals surface area contributed by atoms with Gasteiger partial charge in [-0.3, -0.25) is 9.69 Å². The molecule has 0 bridgehead atoms. The SMILES string of the molecule is Cc1nc(CSc2ccc(C(=O)N3CCN(Cc4nc(-c5cccs5)no4)CC3)cc2)cs1. The highest BCUT2D eigenvalue weighted by Gasteiger charge is 2.23. The van der Waals surface area contributed by atoms with Crippen molar-refractivity contribution < 1.29 is 9.32 Å². The first-order chi connectivity index (χ1) is 16.1. The summed E-state index contributed by atoms with van der Waals surface area (Å²) < 4.78 is 5.41. The van der Waals surface area contributed by atoms with Crippen LogP contribution in [0, 0.1) is 6.92 Å². The minimum atomic E-state index is 0.0825. The molecule has 0 unspecified atom stereocenters. The lowest BCUT2D eigenvalue weighted by molar-refractivity contribution is 0.0615. The number of thiophene rings is 1. The maximum Gasteiger partial charge on any atom is 0.253 e. The van der Waals surface area contributed by atoms with Crippen LogP contribution in [0.3, 0.4) is 0 Å². The normalized spacial score (nSPS) is 14.6. The van der Waals surface area contributed by atoms with Gasteiger partial charge in [0.2, 0.25) is 11.7 Å². The summed E-state index contributed by atoms with van der Waals surface area (Å²) in [5.74, 6) is 2.17. The number of hydrogen-bond acceptors (Lipinski definition) is 9. The number of thioether (sulfide) groups is 1. The molecule has 0 N–H and O–H groups in total. The van der Waals surface area contributed by atoms with Crippen molar-refractivity contribution in [3.05, 3.63) is 69.3 Å². The fourth-order valence-corrected chi connectivity index (χ4v) is 5.79. The number of hydrogen-bond donors (Lipinski definition) is 0. The van der Waals surface area contributed by atoms with Gasteiger partial charge in [-0.1, -0.05) is 11.2 Å². The van der Waals surface area contributed by atoms with Crippen molar-refractivity contribution in [3.63, 3.8) is 0 Å². The molecule has 1 aliphatic heterocycles. The van der Waals surface area contributed by atoms with E-state index in [9.17, 15) is 4.79 Å². The summed E-state index contributed by atoms with van der Waals surface area (Å²) >= 11 is 5.00. The van der Waals surface area contributed by atoms with Crippen molar-refractivity contribution in [2.75, 3.05) is 26.2 Å². The van der Waals surface area contributed by atoms with Gasteiger partial charge in [0.15, 0.2) is 0 Å². The maximum absolute atomic E-state index is 12.9. The van der Waals surface area contributed by atoms with E-state index >= 15 is 0 Å². The quantitative estimate of drug-likeness (QED) is 0.339. The van der Waals surface area contributed by atoms with E-state index in [0.29, 0.717) is 31.3 Å². The molecule has 0 radical (unpaired) electrons. The molecule has 0 aliphatic carbocycles. The zero-order valence-electron chi connectivity index (χ0n) is 18.1. The van der Waals surface area contributed by atoms with Gasteiger partial charge in [0.25, 0.3) is 5.91 Å². The monoisotopic (exact) mass is 497 g/mol. The van der Waals surface area contributed by atoms with Gasteiger partial charge >= 0.3 is 0 Å². The standard InChI is InChI=1S/C23H23N5O2S3/c1-16-24-18(14-32-16)15-33-19-6-4-17(5-7-19)23(29)28-10-8-27(9-11-28)13-21-25-22(26-30-21)20-3-2-12-31-20/h2-7,12,14H,8-11,13,15H2,1H3. The van der Waals surface area contributed by atoms with Crippen LogP contribution in [0.15, 0.2) is 56.6 Å². The predicted octanol–water partition coefficient (Wildman–Crippen LogP) is 4.81. The molecule has 33 heavy (non-hydrogen) atoms. The zero-order valence-corrected chi connectivity index (χ0v) is 20.6. The van der Waals surface area contributed by atoms with Crippen LogP contribution in [0.1, 0.15) is 27.0 Å². The summed E-state index contributed by atoms with van der Waals surface area (Å²) in [7, 11) is 0. The zero-order chi connectivity index (χ0) is 22.6. The molecule has 0 spiro atoms. The molecule has 170 valence electrons. The minimum Gasteiger partial charge on any atom is -0.338 e. The third-order valence-corrected chi connectivity index (χ3v) is 8.12. The molecule has 4 aromatic rings. The third-order valence-electron chi connectivity index (χ3n) is 5.38. The average molecular weight is 498 g/mol. The summed E-state index contributed by atoms with van der Waals surface area (Å²) in [6.07, 6.45) is 0. The predicted molar refractivity (Wildman–Crippen MR) is 132 cm³/mol. The van der Waals surface area contributed by atoms with E-state index < -0.39 is 0 Å². The van der Waals surface area contributed by atoms with Crippen molar-refractivity contribution in [1.29, 1.82) is 0 Å². The molecular weight excluding hydrogens is 474 g/mol. The maximum atomic E-state index is 12.9. The summed E-state index contributed by atoms with van der Waals surface area (Å²) in [6.45, 7) is 5.55. The summed E-state index contributed by atoms with van der Waals surface area (Å²) in [5.41, 5.74) is 1.83. The van der Waals surface area contributed by atoms with Crippen LogP contribution in [0.25, 0.3) is 10.7 Å². The van der Waals surface area contributed by atoms with E-state index in [2.05, 4.69) is 25.4 Å². The third kappa shape index (κ3) is 5.52. The smallest absolute Gasteiger partial charge is 0.253 e. The fraction of sp³-hybridized carbons (Fsp3) is 0.304. The Balaban J connectivity index is 1.10. The lowest BCUT2D eigenvalue weighted by atomic mass is 10.2. The second-order valence-corrected chi connectivity index (χ2v) is 10.8. The lowest BCUT2D eigenvalue weighted by Crippen LogP contribution is -2.48. The number of aromatic nitrogens is 3. The molecule has 5 rings (SSSR count). The molecule has 0 saturated carbocycles. The lowest BCUT2D eigenvalue weighted by Gasteiger charge is -2.34. The van der Waals surface area contributed by atoms with E-state index in [-0.39, 0.29) is 5.91 Å². The van der Waals surface area contributed by atoms with Crippen LogP contribution in [0.2, 0.25) is 0 Å². The number of benzene rings is 1. The van der Waals surface area contributed by atoms with Crippen molar-refractivity contribution in [3.8, 4) is 10.7 Å². The van der Waals surface area contributed by atoms with Crippen molar-refractivity contribution in [1.82, 2.24) is 24.9 Å². The number of rotatable bonds is 7. The van der Waals surface area contributed by atoms with Crippen molar-refractivity contribution in [2.45, 2.75) is 24.1 Å². The molecule has 1 amide bonds. The Labute approximate surface area is 204 Å². The number of carbonyl (C=O) groups excluding carboxylic acids is 1. The molecular formula is C23H23N5O2S3. The van der Waals surface area contributed by atoms with Gasteiger partial charge in [-0.15, -0.1) is 34.4 Å². The Kier molecular flexibility index (Phi) is 6.86. The van der Waals surface area contributed by atoms with Crippen LogP contribution in [-0.2, 0) is 12.3 Å². The summed E-state index contributed by atoms with van der Waals surface area (Å²) in [6, 6.07) is 11.8. The van der Waals surface area contributed by atoms with E-state index in [1.165, 1.54) is 0 Å². The topological polar surface area (TPSA) is 75.4 Å². The molecule has 10 heteroatoms. The highest BCUT2D eigenvalue weighted by molar-refractivity contribution is 7.98. The first-order valence-electron chi connectivity index (χ1n) is 10.7. The summed E-state index contributed by atoms with van der Waals surface area (Å²) in [5, 5.41) is 9.26. The number of nitrogens with zero attached hydrogens (tertiary/aromatic N) is 5. The first-order valence-corrected chi connectivity index (χ1v) is 13.4. The Morgan fingerprint density at radius 2 is 1.91 bits per heavy atom. The Morgan fingerprint density at radius 3 is 2.61 bits per heavy atom. The van der Waals surface area contributed by atoms with Crippen LogP contribution >= 0.6 is 34.4 Å². The van der Waals surface area contributed by atoms with Gasteiger partial charge < -0.3 is 9.42 Å². The van der Waals surface area contributed by atoms with Crippen molar-refractivity contribution >= 4 is 40.3 Å². The highest BCUT2D eigenvalue weighted by Crippen LogP contribution is 2.25. The number of carbonyl (C=O) groups is 1. The molecule has 7 nitrogen and oxygen atoms in total. The molecule has 1 aliphatic rings. The van der Waals surface area contributed by atoms with Gasteiger partial charge in [0, 0.05) is 47.8 Å². The minimum absolute atomic E-state index is 0.0825. The number of thiazole rings is 1. The fourth-order valence-electron chi connectivity index (χ4n) is 3.63. The van der Waals surface area contributed by atoms with E-state index in [0.717, 1.165) is 44.9 Å². The molecule has 1 saturated heterocycles. The van der Waals surface area contributed by atoms with Gasteiger partial charge in [-0.05, 0) is 42.6 Å². The van der Waals surface area contributed by atoms with Gasteiger partial charge in [-0.2, -0.15) is 4.98 Å². The number of aryl methyl sites for hydroxylation is 1. The van der Waals surface area contributed by atoms with E-state index in [4.69, 9.17) is 4.52 Å². The van der Waals surface area contributed by atoms with Gasteiger partial charge in [0.05, 0.1) is 22.1 Å². The molecule has 4 heterocycles. The second kappa shape index (κ2) is 10.2. The van der Waals surface area contributed by atoms with Crippen LogP contribution in [0.4, 0.5) is 0 Å². The van der Waals surface area contributed by atoms with E-state index in [1.807, 2.05) is 53.6 Å².